The van der Waals surface area contributed by atoms with E-state index < -0.39 is 0 Å². The summed E-state index contributed by atoms with van der Waals surface area (Å²) in [6, 6.07) is 0. The maximum atomic E-state index is 3.79. The molecule has 14 heavy (non-hydrogen) atoms. The Hall–Kier alpha value is -0.780. The molecule has 0 aromatic rings. The van der Waals surface area contributed by atoms with Crippen molar-refractivity contribution in [1.29, 1.82) is 0 Å². The van der Waals surface area contributed by atoms with Gasteiger partial charge in [0.25, 0.3) is 0 Å². The minimum absolute atomic E-state index is 1.02. The van der Waals surface area contributed by atoms with Crippen LogP contribution >= 0.6 is 0 Å². The third-order valence-electron chi connectivity index (χ3n) is 2.51. The third-order valence-corrected chi connectivity index (χ3v) is 2.51. The SMILES string of the molecule is C=CC/C(=C/C)CC(CCC)=C(C)C. The molecule has 0 bridgehead atoms. The van der Waals surface area contributed by atoms with Crippen molar-refractivity contribution in [1.82, 2.24) is 0 Å². The average Bonchev–Trinajstić information content (AvgIpc) is 2.15. The summed E-state index contributed by atoms with van der Waals surface area (Å²) in [4.78, 5) is 0. The van der Waals surface area contributed by atoms with Crippen molar-refractivity contribution in [3.05, 3.63) is 35.5 Å². The highest BCUT2D eigenvalue weighted by Crippen LogP contribution is 2.21. The van der Waals surface area contributed by atoms with Crippen LogP contribution in [0.5, 0.6) is 0 Å². The quantitative estimate of drug-likeness (QED) is 0.517. The van der Waals surface area contributed by atoms with Crippen LogP contribution in [-0.2, 0) is 0 Å². The summed E-state index contributed by atoms with van der Waals surface area (Å²) < 4.78 is 0. The van der Waals surface area contributed by atoms with Crippen LogP contribution in [0.3, 0.4) is 0 Å². The molecule has 0 aliphatic rings. The molecule has 0 nitrogen and oxygen atoms in total. The second-order valence-electron chi connectivity index (χ2n) is 3.97. The van der Waals surface area contributed by atoms with E-state index in [0.717, 1.165) is 12.8 Å². The van der Waals surface area contributed by atoms with E-state index in [4.69, 9.17) is 0 Å². The molecule has 0 heterocycles. The molecule has 0 saturated carbocycles. The zero-order chi connectivity index (χ0) is 11.0. The largest absolute Gasteiger partial charge is 0.103 e. The van der Waals surface area contributed by atoms with Crippen LogP contribution in [0.2, 0.25) is 0 Å². The summed E-state index contributed by atoms with van der Waals surface area (Å²) in [6.45, 7) is 12.6. The Morgan fingerprint density at radius 1 is 1.29 bits per heavy atom. The van der Waals surface area contributed by atoms with Crippen LogP contribution in [0.4, 0.5) is 0 Å². The molecule has 0 amide bonds. The van der Waals surface area contributed by atoms with Gasteiger partial charge < -0.3 is 0 Å². The van der Waals surface area contributed by atoms with E-state index in [1.165, 1.54) is 24.0 Å². The van der Waals surface area contributed by atoms with Crippen molar-refractivity contribution < 1.29 is 0 Å². The zero-order valence-electron chi connectivity index (χ0n) is 10.2. The lowest BCUT2D eigenvalue weighted by Crippen LogP contribution is -1.90. The van der Waals surface area contributed by atoms with E-state index in [-0.39, 0.29) is 0 Å². The molecule has 0 aromatic carbocycles. The molecule has 0 radical (unpaired) electrons. The van der Waals surface area contributed by atoms with E-state index >= 15 is 0 Å². The smallest absolute Gasteiger partial charge is 0.0103 e. The maximum Gasteiger partial charge on any atom is -0.0103 e. The highest BCUT2D eigenvalue weighted by molar-refractivity contribution is 5.20. The van der Waals surface area contributed by atoms with E-state index in [2.05, 4.69) is 40.3 Å². The standard InChI is InChI=1S/C14H24/c1-6-9-13(8-3)11-14(10-7-2)12(4)5/h6,8H,1,7,9-11H2,2-5H3/b13-8-. The van der Waals surface area contributed by atoms with Gasteiger partial charge in [0.2, 0.25) is 0 Å². The molecule has 0 atom stereocenters. The van der Waals surface area contributed by atoms with Gasteiger partial charge in [-0.2, -0.15) is 0 Å². The summed E-state index contributed by atoms with van der Waals surface area (Å²) >= 11 is 0. The fourth-order valence-corrected chi connectivity index (χ4v) is 1.57. The Labute approximate surface area is 89.4 Å². The minimum Gasteiger partial charge on any atom is -0.103 e. The zero-order valence-corrected chi connectivity index (χ0v) is 10.2. The monoisotopic (exact) mass is 192 g/mol. The first-order chi connectivity index (χ1) is 6.65. The van der Waals surface area contributed by atoms with Gasteiger partial charge >= 0.3 is 0 Å². The second kappa shape index (κ2) is 7.61. The first-order valence-electron chi connectivity index (χ1n) is 5.55. The Balaban J connectivity index is 4.43. The predicted octanol–water partition coefficient (Wildman–Crippen LogP) is 5.04. The Kier molecular flexibility index (Phi) is 7.18. The summed E-state index contributed by atoms with van der Waals surface area (Å²) in [5.74, 6) is 0. The molecule has 0 aromatic heterocycles. The van der Waals surface area contributed by atoms with E-state index in [0.29, 0.717) is 0 Å². The number of hydrogen-bond acceptors (Lipinski definition) is 0. The van der Waals surface area contributed by atoms with Crippen LogP contribution in [-0.4, -0.2) is 0 Å². The van der Waals surface area contributed by atoms with Crippen molar-refractivity contribution in [3.8, 4) is 0 Å². The Bertz CT molecular complexity index is 224. The van der Waals surface area contributed by atoms with Crippen molar-refractivity contribution in [3.63, 3.8) is 0 Å². The van der Waals surface area contributed by atoms with Gasteiger partial charge in [-0.05, 0) is 40.0 Å². The van der Waals surface area contributed by atoms with E-state index in [1.807, 2.05) is 6.08 Å². The van der Waals surface area contributed by atoms with E-state index in [9.17, 15) is 0 Å². The van der Waals surface area contributed by atoms with Crippen LogP contribution in [0.15, 0.2) is 35.5 Å². The normalized spacial score (nSPS) is 11.3. The molecule has 80 valence electrons. The molecule has 0 N–H and O–H groups in total. The number of hydrogen-bond donors (Lipinski definition) is 0. The van der Waals surface area contributed by atoms with Crippen LogP contribution < -0.4 is 0 Å². The topological polar surface area (TPSA) is 0 Å². The Morgan fingerprint density at radius 3 is 2.29 bits per heavy atom. The van der Waals surface area contributed by atoms with Crippen molar-refractivity contribution in [2.24, 2.45) is 0 Å². The number of allylic oxidation sites excluding steroid dienone is 5. The van der Waals surface area contributed by atoms with Crippen molar-refractivity contribution in [2.45, 2.75) is 53.4 Å². The lowest BCUT2D eigenvalue weighted by atomic mass is 9.96. The molecule has 0 aliphatic heterocycles. The van der Waals surface area contributed by atoms with Gasteiger partial charge in [-0.25, -0.2) is 0 Å². The van der Waals surface area contributed by atoms with Gasteiger partial charge in [-0.3, -0.25) is 0 Å². The summed E-state index contributed by atoms with van der Waals surface area (Å²) in [6.07, 6.45) is 8.85. The summed E-state index contributed by atoms with van der Waals surface area (Å²) in [7, 11) is 0. The van der Waals surface area contributed by atoms with Crippen molar-refractivity contribution >= 4 is 0 Å². The minimum atomic E-state index is 1.02. The van der Waals surface area contributed by atoms with Gasteiger partial charge in [-0.15, -0.1) is 6.58 Å². The molecule has 0 spiro atoms. The average molecular weight is 192 g/mol. The van der Waals surface area contributed by atoms with Gasteiger partial charge in [0.1, 0.15) is 0 Å². The predicted molar refractivity (Wildman–Crippen MR) is 66.5 cm³/mol. The first kappa shape index (κ1) is 13.2. The number of rotatable bonds is 6. The highest BCUT2D eigenvalue weighted by Gasteiger charge is 2.01. The highest BCUT2D eigenvalue weighted by atomic mass is 14.1. The Morgan fingerprint density at radius 2 is 1.93 bits per heavy atom. The molecule has 0 unspecified atom stereocenters. The first-order valence-corrected chi connectivity index (χ1v) is 5.55. The van der Waals surface area contributed by atoms with Gasteiger partial charge in [0.05, 0.1) is 0 Å². The molecular formula is C14H24. The van der Waals surface area contributed by atoms with Gasteiger partial charge in [0.15, 0.2) is 0 Å². The fraction of sp³-hybridized carbons (Fsp3) is 0.571. The lowest BCUT2D eigenvalue weighted by molar-refractivity contribution is 0.840. The molecular weight excluding hydrogens is 168 g/mol. The van der Waals surface area contributed by atoms with Crippen LogP contribution in [0.1, 0.15) is 53.4 Å². The van der Waals surface area contributed by atoms with Gasteiger partial charge in [0, 0.05) is 0 Å². The molecule has 0 heteroatoms. The van der Waals surface area contributed by atoms with Crippen molar-refractivity contribution in [2.75, 3.05) is 0 Å². The third kappa shape index (κ3) is 5.06. The van der Waals surface area contributed by atoms with E-state index in [1.54, 1.807) is 5.57 Å². The van der Waals surface area contributed by atoms with Gasteiger partial charge in [-0.1, -0.05) is 42.2 Å². The molecule has 0 saturated heterocycles. The van der Waals surface area contributed by atoms with Crippen LogP contribution in [0.25, 0.3) is 0 Å². The fourth-order valence-electron chi connectivity index (χ4n) is 1.57. The summed E-state index contributed by atoms with van der Waals surface area (Å²) in [5.41, 5.74) is 4.57. The molecule has 0 fully saturated rings. The maximum absolute atomic E-state index is 3.79. The summed E-state index contributed by atoms with van der Waals surface area (Å²) in [5, 5.41) is 0. The molecule has 0 rings (SSSR count). The molecule has 0 aliphatic carbocycles. The van der Waals surface area contributed by atoms with Crippen LogP contribution in [0, 0.1) is 0 Å². The second-order valence-corrected chi connectivity index (χ2v) is 3.97. The lowest BCUT2D eigenvalue weighted by Gasteiger charge is -2.10.